The summed E-state index contributed by atoms with van der Waals surface area (Å²) >= 11 is 0. The summed E-state index contributed by atoms with van der Waals surface area (Å²) in [6.07, 6.45) is 0.582. The molecule has 12 heteroatoms. The molecule has 1 aromatic rings. The van der Waals surface area contributed by atoms with Gasteiger partial charge in [-0.05, 0) is 37.8 Å². The van der Waals surface area contributed by atoms with Crippen LogP contribution in [0, 0.1) is 5.41 Å². The highest BCUT2D eigenvalue weighted by Crippen LogP contribution is 2.45. The number of ketones is 1. The minimum atomic E-state index is -4.20. The van der Waals surface area contributed by atoms with Gasteiger partial charge in [-0.2, -0.15) is 5.09 Å². The van der Waals surface area contributed by atoms with Crippen molar-refractivity contribution >= 4 is 19.5 Å². The van der Waals surface area contributed by atoms with Crippen LogP contribution in [0.2, 0.25) is 0 Å². The van der Waals surface area contributed by atoms with Gasteiger partial charge < -0.3 is 29.1 Å². The van der Waals surface area contributed by atoms with Crippen LogP contribution in [0.4, 0.5) is 0 Å². The topological polar surface area (TPSA) is 144 Å². The van der Waals surface area contributed by atoms with Gasteiger partial charge in [0.15, 0.2) is 12.0 Å². The lowest BCUT2D eigenvalue weighted by Crippen LogP contribution is -2.40. The number of aliphatic hydroxyl groups is 2. The van der Waals surface area contributed by atoms with E-state index in [4.69, 9.17) is 18.5 Å². The van der Waals surface area contributed by atoms with Gasteiger partial charge >= 0.3 is 13.7 Å². The van der Waals surface area contributed by atoms with Crippen LogP contribution in [0.25, 0.3) is 0 Å². The Morgan fingerprint density at radius 3 is 2.53 bits per heavy atom. The Morgan fingerprint density at radius 2 is 1.89 bits per heavy atom. The van der Waals surface area contributed by atoms with Gasteiger partial charge in [0.25, 0.3) is 0 Å². The Balaban J connectivity index is 1.70. The van der Waals surface area contributed by atoms with Crippen molar-refractivity contribution in [1.82, 2.24) is 9.99 Å². The molecule has 2 unspecified atom stereocenters. The number of rotatable bonds is 11. The van der Waals surface area contributed by atoms with E-state index < -0.39 is 50.9 Å². The summed E-state index contributed by atoms with van der Waals surface area (Å²) in [7, 11) is -4.20. The summed E-state index contributed by atoms with van der Waals surface area (Å²) in [6, 6.07) is 7.21. The monoisotopic (exact) mass is 552 g/mol. The van der Waals surface area contributed by atoms with Crippen LogP contribution in [0.15, 0.2) is 54.4 Å². The molecule has 38 heavy (non-hydrogen) atoms. The molecule has 2 aliphatic heterocycles. The largest absolute Gasteiger partial charge is 0.464 e. The molecule has 3 rings (SSSR count). The number of carbonyl (C=O) groups excluding carboxylic acids is 2. The summed E-state index contributed by atoms with van der Waals surface area (Å²) in [4.78, 5) is 25.8. The fourth-order valence-corrected chi connectivity index (χ4v) is 5.17. The molecule has 2 aliphatic rings. The van der Waals surface area contributed by atoms with E-state index in [0.717, 1.165) is 0 Å². The molecule has 1 saturated heterocycles. The number of benzene rings is 1. The summed E-state index contributed by atoms with van der Waals surface area (Å²) < 4.78 is 36.1. The van der Waals surface area contributed by atoms with Crippen LogP contribution >= 0.6 is 7.75 Å². The van der Waals surface area contributed by atoms with Gasteiger partial charge in [-0.1, -0.05) is 45.0 Å². The molecule has 0 radical (unpaired) electrons. The van der Waals surface area contributed by atoms with Crippen LogP contribution in [0.1, 0.15) is 41.0 Å². The molecule has 0 amide bonds. The highest BCUT2D eigenvalue weighted by molar-refractivity contribution is 7.52. The second kappa shape index (κ2) is 12.5. The molecule has 0 saturated carbocycles. The molecule has 210 valence electrons. The summed E-state index contributed by atoms with van der Waals surface area (Å²) in [5, 5.41) is 23.8. The van der Waals surface area contributed by atoms with Gasteiger partial charge in [-0.25, -0.2) is 4.57 Å². The van der Waals surface area contributed by atoms with Gasteiger partial charge in [0.05, 0.1) is 13.2 Å². The maximum Gasteiger partial charge on any atom is 0.459 e. The van der Waals surface area contributed by atoms with Gasteiger partial charge in [0.2, 0.25) is 0 Å². The number of carbonyl (C=O) groups is 2. The molecule has 11 nitrogen and oxygen atoms in total. The third-order valence-corrected chi connectivity index (χ3v) is 7.38. The van der Waals surface area contributed by atoms with Crippen LogP contribution in [-0.4, -0.2) is 70.7 Å². The first-order valence-corrected chi connectivity index (χ1v) is 13.9. The Hall–Kier alpha value is -2.53. The molecule has 0 aromatic heterocycles. The number of allylic oxidation sites excluding steroid dienone is 2. The normalized spacial score (nSPS) is 25.9. The number of aliphatic hydroxyl groups excluding tert-OH is 2. The van der Waals surface area contributed by atoms with Crippen molar-refractivity contribution in [3.8, 4) is 5.75 Å². The molecule has 6 atom stereocenters. The second-order valence-electron chi connectivity index (χ2n) is 10.5. The number of Topliss-reactive ketones (excluding diaryl/α,β-unsaturated/α-hetero) is 1. The first kappa shape index (κ1) is 30.0. The Kier molecular flexibility index (Phi) is 9.91. The quantitative estimate of drug-likeness (QED) is 0.275. The number of nitrogens with zero attached hydrogens (tertiary/aromatic N) is 1. The fraction of sp³-hybridized carbons (Fsp3) is 0.538. The number of ether oxygens (including phenoxy) is 2. The molecule has 3 N–H and O–H groups in total. The number of para-hydroxylation sites is 1. The van der Waals surface area contributed by atoms with Gasteiger partial charge in [0.1, 0.15) is 30.1 Å². The zero-order chi connectivity index (χ0) is 28.1. The number of esters is 1. The summed E-state index contributed by atoms with van der Waals surface area (Å²) in [5.74, 6) is -0.532. The number of hydrogen-bond acceptors (Lipinski definition) is 10. The molecular formula is C26H37N2O9P. The number of hydrogen-bond donors (Lipinski definition) is 3. The lowest BCUT2D eigenvalue weighted by Gasteiger charge is -2.29. The average Bonchev–Trinajstić information content (AvgIpc) is 3.15. The van der Waals surface area contributed by atoms with E-state index in [-0.39, 0.29) is 23.6 Å². The molecule has 0 aliphatic carbocycles. The maximum absolute atomic E-state index is 13.7. The van der Waals surface area contributed by atoms with Gasteiger partial charge in [0, 0.05) is 18.0 Å². The van der Waals surface area contributed by atoms with Crippen LogP contribution in [-0.2, 0) is 28.2 Å². The van der Waals surface area contributed by atoms with Crippen molar-refractivity contribution < 1.29 is 42.9 Å². The van der Waals surface area contributed by atoms with E-state index in [9.17, 15) is 24.4 Å². The highest BCUT2D eigenvalue weighted by atomic mass is 31.2. The lowest BCUT2D eigenvalue weighted by molar-refractivity contribution is -0.148. The van der Waals surface area contributed by atoms with E-state index in [1.807, 2.05) is 20.8 Å². The fourth-order valence-electron chi connectivity index (χ4n) is 3.67. The predicted molar refractivity (Wildman–Crippen MR) is 139 cm³/mol. The number of nitrogens with one attached hydrogen (secondary N) is 1. The van der Waals surface area contributed by atoms with Crippen LogP contribution in [0.5, 0.6) is 5.75 Å². The van der Waals surface area contributed by atoms with E-state index >= 15 is 0 Å². The zero-order valence-corrected chi connectivity index (χ0v) is 23.2. The predicted octanol–water partition coefficient (Wildman–Crippen LogP) is 2.90. The maximum atomic E-state index is 13.7. The van der Waals surface area contributed by atoms with Crippen molar-refractivity contribution in [2.45, 2.75) is 71.6 Å². The second-order valence-corrected chi connectivity index (χ2v) is 12.2. The van der Waals surface area contributed by atoms with E-state index in [1.54, 1.807) is 48.8 Å². The first-order valence-electron chi connectivity index (χ1n) is 12.4. The molecular weight excluding hydrogens is 515 g/mol. The lowest BCUT2D eigenvalue weighted by atomic mass is 9.99. The third-order valence-electron chi connectivity index (χ3n) is 5.73. The highest BCUT2D eigenvalue weighted by Gasteiger charge is 2.46. The Morgan fingerprint density at radius 1 is 1.21 bits per heavy atom. The van der Waals surface area contributed by atoms with Gasteiger partial charge in [-0.15, -0.1) is 0 Å². The van der Waals surface area contributed by atoms with Crippen molar-refractivity contribution in [2.75, 3.05) is 13.2 Å². The molecule has 0 bridgehead atoms. The van der Waals surface area contributed by atoms with E-state index in [0.29, 0.717) is 12.0 Å². The summed E-state index contributed by atoms with van der Waals surface area (Å²) in [5.41, 5.74) is 0.266. The first-order chi connectivity index (χ1) is 17.8. The zero-order valence-electron chi connectivity index (χ0n) is 22.3. The van der Waals surface area contributed by atoms with Crippen molar-refractivity contribution in [2.24, 2.45) is 5.41 Å². The van der Waals surface area contributed by atoms with E-state index in [2.05, 4.69) is 5.09 Å². The average molecular weight is 553 g/mol. The van der Waals surface area contributed by atoms with Crippen molar-refractivity contribution in [3.63, 3.8) is 0 Å². The minimum Gasteiger partial charge on any atom is -0.464 e. The van der Waals surface area contributed by atoms with Crippen molar-refractivity contribution in [1.29, 1.82) is 0 Å². The minimum absolute atomic E-state index is 0.118. The Labute approximate surface area is 223 Å². The van der Waals surface area contributed by atoms with E-state index in [1.165, 1.54) is 18.7 Å². The molecule has 0 spiro atoms. The SMILES string of the molecule is CC(=O)C1=CN([C@@H]2O[C@H](COP(=O)(NC(C)C(=O)OCC(C)(C)C)Oc3ccccc3)[C@@H](O)[C@H]2O)C=CC1. The third kappa shape index (κ3) is 8.23. The standard InChI is InChI=1S/C26H37N2O9P/c1-17(25(32)34-16-26(3,4)5)27-38(33,37-20-11-7-6-8-12-20)35-15-21-22(30)23(31)24(36-21)28-13-9-10-19(14-28)18(2)29/h6-9,11-14,17,21-24,30-31H,10,15-16H2,1-5H3,(H,27,33)/t17?,21-,22-,23-,24-,38?/m1/s1. The molecule has 1 fully saturated rings. The smallest absolute Gasteiger partial charge is 0.459 e. The van der Waals surface area contributed by atoms with Crippen LogP contribution < -0.4 is 9.61 Å². The molecule has 1 aromatic carbocycles. The molecule has 2 heterocycles. The van der Waals surface area contributed by atoms with Crippen molar-refractivity contribution in [3.05, 3.63) is 54.4 Å². The van der Waals surface area contributed by atoms with Crippen LogP contribution in [0.3, 0.4) is 0 Å². The Bertz CT molecular complexity index is 1090. The summed E-state index contributed by atoms with van der Waals surface area (Å²) in [6.45, 7) is 8.38. The van der Waals surface area contributed by atoms with Gasteiger partial charge in [-0.3, -0.25) is 14.1 Å².